The van der Waals surface area contributed by atoms with Crippen LogP contribution in [0.3, 0.4) is 0 Å². The molecule has 0 saturated carbocycles. The van der Waals surface area contributed by atoms with Gasteiger partial charge in [-0.25, -0.2) is 4.57 Å². The fraction of sp³-hybridized carbons (Fsp3) is 0.222. The fourth-order valence-corrected chi connectivity index (χ4v) is 4.77. The Balaban J connectivity index is 0.000000393. The Hall–Kier alpha value is -1.81. The highest BCUT2D eigenvalue weighted by Crippen LogP contribution is 2.36. The summed E-state index contributed by atoms with van der Waals surface area (Å²) in [6.07, 6.45) is 2.99. The molecule has 0 fully saturated rings. The van der Waals surface area contributed by atoms with E-state index in [1.165, 1.54) is 11.1 Å². The van der Waals surface area contributed by atoms with Crippen LogP contribution in [0, 0.1) is 0 Å². The molecule has 0 bridgehead atoms. The molecule has 2 atom stereocenters. The van der Waals surface area contributed by atoms with Crippen molar-refractivity contribution in [3.63, 3.8) is 0 Å². The molecule has 0 radical (unpaired) electrons. The minimum Gasteiger partial charge on any atom is -0.418 e. The van der Waals surface area contributed by atoms with Gasteiger partial charge in [-0.3, -0.25) is 0 Å². The lowest BCUT2D eigenvalue weighted by atomic mass is 10.1. The molecule has 30 heavy (non-hydrogen) atoms. The van der Waals surface area contributed by atoms with Crippen LogP contribution in [0.4, 0.5) is 17.3 Å². The number of hydrogen-bond donors (Lipinski definition) is 0. The number of hydrogen-bond acceptors (Lipinski definition) is 2. The van der Waals surface area contributed by atoms with Crippen molar-refractivity contribution in [2.24, 2.45) is 0 Å². The fourth-order valence-electron chi connectivity index (χ4n) is 3.78. The molecule has 5 rings (SSSR count). The van der Waals surface area contributed by atoms with Crippen LogP contribution in [0.1, 0.15) is 23.0 Å². The zero-order valence-electron chi connectivity index (χ0n) is 15.1. The summed E-state index contributed by atoms with van der Waals surface area (Å²) >= 11 is 18.7. The van der Waals surface area contributed by atoms with Crippen LogP contribution < -0.4 is 4.57 Å². The SMILES string of the molecule is Clc1cc(Cl)c(-n2c[n+]3c(n2)COC2Cc4ccccc4C23)c(Cl)c1.F[B-](F)(F)F. The zero-order valence-corrected chi connectivity index (χ0v) is 17.4. The molecule has 2 unspecified atom stereocenters. The van der Waals surface area contributed by atoms with Crippen molar-refractivity contribution < 1.29 is 26.6 Å². The maximum atomic E-state index is 9.75. The van der Waals surface area contributed by atoms with Crippen LogP contribution in [0.25, 0.3) is 5.69 Å². The smallest absolute Gasteiger partial charge is 0.418 e. The van der Waals surface area contributed by atoms with Gasteiger partial charge in [0.2, 0.25) is 6.33 Å². The number of aromatic nitrogens is 3. The minimum absolute atomic E-state index is 0.124. The van der Waals surface area contributed by atoms with Gasteiger partial charge < -0.3 is 22.0 Å². The zero-order chi connectivity index (χ0) is 21.6. The molecule has 1 aromatic heterocycles. The lowest BCUT2D eigenvalue weighted by molar-refractivity contribution is -0.739. The summed E-state index contributed by atoms with van der Waals surface area (Å²) in [5.41, 5.74) is 3.23. The van der Waals surface area contributed by atoms with E-state index in [-0.39, 0.29) is 12.1 Å². The van der Waals surface area contributed by atoms with Crippen molar-refractivity contribution in [2.45, 2.75) is 25.2 Å². The van der Waals surface area contributed by atoms with Crippen molar-refractivity contribution in [3.05, 3.63) is 74.7 Å². The summed E-state index contributed by atoms with van der Waals surface area (Å²) < 4.78 is 48.9. The van der Waals surface area contributed by atoms with Gasteiger partial charge in [0.15, 0.2) is 5.69 Å². The van der Waals surface area contributed by atoms with Gasteiger partial charge in [-0.15, -0.1) is 0 Å². The van der Waals surface area contributed by atoms with E-state index >= 15 is 0 Å². The van der Waals surface area contributed by atoms with Gasteiger partial charge >= 0.3 is 13.1 Å². The first-order valence-electron chi connectivity index (χ1n) is 8.83. The molecule has 1 aliphatic heterocycles. The van der Waals surface area contributed by atoms with E-state index in [9.17, 15) is 17.3 Å². The normalized spacial score (nSPS) is 19.4. The van der Waals surface area contributed by atoms with E-state index in [0.29, 0.717) is 27.4 Å². The van der Waals surface area contributed by atoms with E-state index in [1.54, 1.807) is 16.8 Å². The summed E-state index contributed by atoms with van der Waals surface area (Å²) in [6, 6.07) is 11.9. The van der Waals surface area contributed by atoms with E-state index in [0.717, 1.165) is 12.2 Å². The van der Waals surface area contributed by atoms with Crippen LogP contribution in [-0.2, 0) is 17.8 Å². The maximum Gasteiger partial charge on any atom is 0.673 e. The maximum absolute atomic E-state index is 9.75. The van der Waals surface area contributed by atoms with Crippen LogP contribution in [0.15, 0.2) is 42.7 Å². The van der Waals surface area contributed by atoms with Crippen molar-refractivity contribution in [1.29, 1.82) is 0 Å². The van der Waals surface area contributed by atoms with Gasteiger partial charge in [0, 0.05) is 16.5 Å². The summed E-state index contributed by atoms with van der Waals surface area (Å²) in [7, 11) is -6.00. The molecule has 0 amide bonds. The van der Waals surface area contributed by atoms with E-state index in [4.69, 9.17) is 39.5 Å². The number of halogens is 7. The molecule has 1 aliphatic carbocycles. The predicted octanol–water partition coefficient (Wildman–Crippen LogP) is 5.46. The summed E-state index contributed by atoms with van der Waals surface area (Å²) in [6.45, 7) is 0.463. The first-order chi connectivity index (χ1) is 14.1. The topological polar surface area (TPSA) is 30.9 Å². The highest BCUT2D eigenvalue weighted by atomic mass is 35.5. The van der Waals surface area contributed by atoms with Crippen molar-refractivity contribution in [2.75, 3.05) is 0 Å². The Bertz CT molecular complexity index is 1080. The summed E-state index contributed by atoms with van der Waals surface area (Å²) in [5, 5.41) is 6.07. The largest absolute Gasteiger partial charge is 0.673 e. The Labute approximate surface area is 184 Å². The molecule has 3 aromatic rings. The number of rotatable bonds is 1. The molecule has 0 spiro atoms. The summed E-state index contributed by atoms with van der Waals surface area (Å²) in [5.74, 6) is 0.847. The lowest BCUT2D eigenvalue weighted by Crippen LogP contribution is -2.51. The molecular formula is C18H13BCl3F4N3O. The van der Waals surface area contributed by atoms with Gasteiger partial charge in [-0.2, -0.15) is 0 Å². The standard InChI is InChI=1S/C18H13Cl3N3O.BF4/c19-11-6-13(20)18(14(21)7-11)24-9-23-16(22-24)8-25-15-5-10-3-1-2-4-12(10)17(15)23;2-1(3,4)5/h1-4,6-7,9,15,17H,5,8H2;/q+1;-1. The predicted molar refractivity (Wildman–Crippen MR) is 106 cm³/mol. The monoisotopic (exact) mass is 479 g/mol. The van der Waals surface area contributed by atoms with E-state index in [2.05, 4.69) is 33.9 Å². The summed E-state index contributed by atoms with van der Waals surface area (Å²) in [4.78, 5) is 0. The minimum atomic E-state index is -6.00. The van der Waals surface area contributed by atoms with Gasteiger partial charge in [0.05, 0.1) is 10.0 Å². The Morgan fingerprint density at radius 3 is 2.37 bits per heavy atom. The Morgan fingerprint density at radius 2 is 1.70 bits per heavy atom. The van der Waals surface area contributed by atoms with Crippen molar-refractivity contribution in [3.8, 4) is 5.69 Å². The highest BCUT2D eigenvalue weighted by Gasteiger charge is 2.43. The Morgan fingerprint density at radius 1 is 1.07 bits per heavy atom. The first-order valence-corrected chi connectivity index (χ1v) is 9.96. The van der Waals surface area contributed by atoms with E-state index < -0.39 is 7.25 Å². The van der Waals surface area contributed by atoms with Crippen LogP contribution in [-0.4, -0.2) is 23.1 Å². The number of ether oxygens (including phenoxy) is 1. The molecule has 2 aromatic carbocycles. The van der Waals surface area contributed by atoms with Gasteiger partial charge in [-0.1, -0.05) is 63.8 Å². The molecule has 0 saturated heterocycles. The molecular weight excluding hydrogens is 467 g/mol. The van der Waals surface area contributed by atoms with Crippen LogP contribution in [0.5, 0.6) is 0 Å². The first kappa shape index (κ1) is 21.4. The molecule has 12 heteroatoms. The molecule has 2 heterocycles. The molecule has 2 aliphatic rings. The van der Waals surface area contributed by atoms with E-state index in [1.807, 2.05) is 6.33 Å². The van der Waals surface area contributed by atoms with Crippen molar-refractivity contribution in [1.82, 2.24) is 9.78 Å². The highest BCUT2D eigenvalue weighted by molar-refractivity contribution is 6.50. The average molecular weight is 480 g/mol. The second-order valence-electron chi connectivity index (χ2n) is 6.79. The van der Waals surface area contributed by atoms with Crippen LogP contribution in [0.2, 0.25) is 15.1 Å². The third-order valence-corrected chi connectivity index (χ3v) is 5.63. The van der Waals surface area contributed by atoms with Gasteiger partial charge in [0.1, 0.15) is 18.8 Å². The number of nitrogens with zero attached hydrogens (tertiary/aromatic N) is 3. The van der Waals surface area contributed by atoms with Gasteiger partial charge in [0.25, 0.3) is 0 Å². The van der Waals surface area contributed by atoms with Crippen molar-refractivity contribution >= 4 is 42.1 Å². The third-order valence-electron chi connectivity index (χ3n) is 4.84. The second kappa shape index (κ2) is 8.03. The lowest BCUT2D eigenvalue weighted by Gasteiger charge is -2.23. The second-order valence-corrected chi connectivity index (χ2v) is 8.04. The quantitative estimate of drug-likeness (QED) is 0.263. The average Bonchev–Trinajstić information content (AvgIpc) is 3.19. The molecule has 0 N–H and O–H groups in total. The molecule has 158 valence electrons. The number of fused-ring (bicyclic) bond motifs is 5. The molecule has 4 nitrogen and oxygen atoms in total. The van der Waals surface area contributed by atoms with Gasteiger partial charge in [-0.05, 0) is 23.3 Å². The third kappa shape index (κ3) is 4.30. The van der Waals surface area contributed by atoms with Crippen LogP contribution >= 0.6 is 34.8 Å². The number of benzene rings is 2. The Kier molecular flexibility index (Phi) is 5.74.